The Morgan fingerprint density at radius 2 is 2.12 bits per heavy atom. The maximum atomic E-state index is 11.8. The number of Topliss-reactive ketones (excluding diaryl/α,β-unsaturated/α-hetero) is 1. The highest BCUT2D eigenvalue weighted by Gasteiger charge is 2.22. The molecule has 3 heteroatoms. The summed E-state index contributed by atoms with van der Waals surface area (Å²) in [7, 11) is 1.32. The molecule has 0 saturated carbocycles. The third-order valence-corrected chi connectivity index (χ3v) is 2.66. The highest BCUT2D eigenvalue weighted by atomic mass is 16.5. The van der Waals surface area contributed by atoms with Gasteiger partial charge < -0.3 is 4.74 Å². The summed E-state index contributed by atoms with van der Waals surface area (Å²) >= 11 is 0. The Kier molecular flexibility index (Phi) is 3.19. The molecule has 1 aromatic carbocycles. The van der Waals surface area contributed by atoms with E-state index in [9.17, 15) is 9.59 Å². The highest BCUT2D eigenvalue weighted by molar-refractivity contribution is 6.25. The largest absolute Gasteiger partial charge is 0.466 e. The van der Waals surface area contributed by atoms with Crippen LogP contribution in [0.3, 0.4) is 0 Å². The van der Waals surface area contributed by atoms with Gasteiger partial charge in [0.05, 0.1) is 7.11 Å². The van der Waals surface area contributed by atoms with Gasteiger partial charge in [-0.3, -0.25) is 4.79 Å². The van der Waals surface area contributed by atoms with E-state index >= 15 is 0 Å². The number of benzene rings is 1. The summed E-state index contributed by atoms with van der Waals surface area (Å²) in [5.74, 6) is -0.346. The van der Waals surface area contributed by atoms with Crippen molar-refractivity contribution < 1.29 is 14.3 Å². The SMILES string of the molecule is COC(=O)/C=C\C=C1\C(=O)Cc2ccccc21. The Bertz CT molecular complexity index is 524. The van der Waals surface area contributed by atoms with Crippen molar-refractivity contribution in [1.29, 1.82) is 0 Å². The van der Waals surface area contributed by atoms with Crippen molar-refractivity contribution in [3.8, 4) is 0 Å². The van der Waals surface area contributed by atoms with Gasteiger partial charge in [0.15, 0.2) is 5.78 Å². The number of hydrogen-bond acceptors (Lipinski definition) is 3. The van der Waals surface area contributed by atoms with Crippen LogP contribution in [0.1, 0.15) is 11.1 Å². The minimum absolute atomic E-state index is 0.0840. The third kappa shape index (κ3) is 2.33. The second-order valence-electron chi connectivity index (χ2n) is 3.72. The molecule has 2 rings (SSSR count). The van der Waals surface area contributed by atoms with E-state index in [1.165, 1.54) is 13.2 Å². The quantitative estimate of drug-likeness (QED) is 0.573. The zero-order valence-corrected chi connectivity index (χ0v) is 9.47. The molecule has 0 atom stereocenters. The van der Waals surface area contributed by atoms with Gasteiger partial charge in [0.25, 0.3) is 0 Å². The highest BCUT2D eigenvalue weighted by Crippen LogP contribution is 2.28. The lowest BCUT2D eigenvalue weighted by molar-refractivity contribution is -0.134. The first-order chi connectivity index (χ1) is 8.22. The zero-order valence-electron chi connectivity index (χ0n) is 9.47. The summed E-state index contributed by atoms with van der Waals surface area (Å²) in [6, 6.07) is 7.67. The van der Waals surface area contributed by atoms with Crippen molar-refractivity contribution in [3.05, 3.63) is 53.6 Å². The lowest BCUT2D eigenvalue weighted by atomic mass is 10.1. The number of carbonyl (C=O) groups is 2. The normalized spacial score (nSPS) is 16.5. The summed E-state index contributed by atoms with van der Waals surface area (Å²) in [5, 5.41) is 0. The average Bonchev–Trinajstić information content (AvgIpc) is 2.66. The lowest BCUT2D eigenvalue weighted by Gasteiger charge is -1.96. The van der Waals surface area contributed by atoms with Gasteiger partial charge in [0.1, 0.15) is 0 Å². The second kappa shape index (κ2) is 4.78. The molecule has 0 N–H and O–H groups in total. The summed E-state index contributed by atoms with van der Waals surface area (Å²) < 4.78 is 4.47. The molecule has 0 radical (unpaired) electrons. The molecule has 1 aliphatic carbocycles. The molecule has 0 aromatic heterocycles. The third-order valence-electron chi connectivity index (χ3n) is 2.66. The van der Waals surface area contributed by atoms with E-state index in [0.29, 0.717) is 12.0 Å². The standard InChI is InChI=1S/C14H12O3/c1-17-14(16)8-4-7-12-11-6-3-2-5-10(11)9-13(12)15/h2-8H,9H2,1H3/b8-4-,12-7+. The number of rotatable bonds is 2. The number of allylic oxidation sites excluding steroid dienone is 3. The molecule has 3 nitrogen and oxygen atoms in total. The molecule has 0 bridgehead atoms. The number of ether oxygens (including phenoxy) is 1. The van der Waals surface area contributed by atoms with Gasteiger partial charge in [-0.25, -0.2) is 4.79 Å². The first-order valence-corrected chi connectivity index (χ1v) is 5.30. The summed E-state index contributed by atoms with van der Waals surface area (Å²) in [5.41, 5.74) is 2.64. The predicted octanol–water partition coefficient (Wildman–Crippen LogP) is 1.92. The topological polar surface area (TPSA) is 43.4 Å². The maximum absolute atomic E-state index is 11.8. The van der Waals surface area contributed by atoms with E-state index < -0.39 is 5.97 Å². The monoisotopic (exact) mass is 228 g/mol. The van der Waals surface area contributed by atoms with E-state index in [1.54, 1.807) is 12.2 Å². The van der Waals surface area contributed by atoms with Crippen molar-refractivity contribution in [2.24, 2.45) is 0 Å². The Morgan fingerprint density at radius 3 is 2.88 bits per heavy atom. The van der Waals surface area contributed by atoms with Crippen LogP contribution >= 0.6 is 0 Å². The molecule has 0 saturated heterocycles. The van der Waals surface area contributed by atoms with E-state index in [2.05, 4.69) is 4.74 Å². The number of ketones is 1. The van der Waals surface area contributed by atoms with E-state index in [4.69, 9.17) is 0 Å². The summed E-state index contributed by atoms with van der Waals surface area (Å²) in [6.45, 7) is 0. The van der Waals surface area contributed by atoms with E-state index in [1.807, 2.05) is 24.3 Å². The minimum atomic E-state index is -0.430. The van der Waals surface area contributed by atoms with Gasteiger partial charge in [-0.05, 0) is 11.1 Å². The van der Waals surface area contributed by atoms with Crippen molar-refractivity contribution >= 4 is 17.3 Å². The maximum Gasteiger partial charge on any atom is 0.330 e. The number of fused-ring (bicyclic) bond motifs is 1. The smallest absolute Gasteiger partial charge is 0.330 e. The van der Waals surface area contributed by atoms with Gasteiger partial charge in [0.2, 0.25) is 0 Å². The Balaban J connectivity index is 2.27. The first kappa shape index (κ1) is 11.3. The van der Waals surface area contributed by atoms with Crippen LogP contribution in [0.5, 0.6) is 0 Å². The van der Waals surface area contributed by atoms with Crippen LogP contribution in [0.4, 0.5) is 0 Å². The van der Waals surface area contributed by atoms with Crippen molar-refractivity contribution in [2.45, 2.75) is 6.42 Å². The second-order valence-corrected chi connectivity index (χ2v) is 3.72. The molecular weight excluding hydrogens is 216 g/mol. The molecule has 0 amide bonds. The van der Waals surface area contributed by atoms with E-state index in [-0.39, 0.29) is 5.78 Å². The molecule has 0 aliphatic heterocycles. The van der Waals surface area contributed by atoms with Crippen LogP contribution < -0.4 is 0 Å². The summed E-state index contributed by atoms with van der Waals surface area (Å²) in [6.07, 6.45) is 4.93. The molecule has 1 aromatic rings. The Hall–Kier alpha value is -2.16. The van der Waals surface area contributed by atoms with Crippen LogP contribution in [0.25, 0.3) is 5.57 Å². The van der Waals surface area contributed by atoms with Crippen molar-refractivity contribution in [3.63, 3.8) is 0 Å². The molecule has 0 fully saturated rings. The van der Waals surface area contributed by atoms with Crippen LogP contribution in [0.15, 0.2) is 42.5 Å². The molecule has 86 valence electrons. The van der Waals surface area contributed by atoms with Gasteiger partial charge in [-0.15, -0.1) is 0 Å². The van der Waals surface area contributed by atoms with Crippen LogP contribution in [0, 0.1) is 0 Å². The molecule has 0 unspecified atom stereocenters. The van der Waals surface area contributed by atoms with Crippen LogP contribution in [-0.2, 0) is 20.7 Å². The molecule has 17 heavy (non-hydrogen) atoms. The average molecular weight is 228 g/mol. The van der Waals surface area contributed by atoms with Gasteiger partial charge in [-0.2, -0.15) is 0 Å². The molecule has 1 aliphatic rings. The fraction of sp³-hybridized carbons (Fsp3) is 0.143. The molecule has 0 heterocycles. The number of esters is 1. The summed E-state index contributed by atoms with van der Waals surface area (Å²) in [4.78, 5) is 22.6. The molecular formula is C14H12O3. The van der Waals surface area contributed by atoms with Crippen LogP contribution in [0.2, 0.25) is 0 Å². The first-order valence-electron chi connectivity index (χ1n) is 5.30. The molecule has 0 spiro atoms. The van der Waals surface area contributed by atoms with Crippen LogP contribution in [-0.4, -0.2) is 18.9 Å². The van der Waals surface area contributed by atoms with Gasteiger partial charge in [-0.1, -0.05) is 36.4 Å². The zero-order chi connectivity index (χ0) is 12.3. The minimum Gasteiger partial charge on any atom is -0.466 e. The van der Waals surface area contributed by atoms with Gasteiger partial charge >= 0.3 is 5.97 Å². The van der Waals surface area contributed by atoms with E-state index in [0.717, 1.165) is 11.1 Å². The fourth-order valence-electron chi connectivity index (χ4n) is 1.83. The van der Waals surface area contributed by atoms with Gasteiger partial charge in [0, 0.05) is 18.1 Å². The number of methoxy groups -OCH3 is 1. The Morgan fingerprint density at radius 1 is 1.35 bits per heavy atom. The fourth-order valence-corrected chi connectivity index (χ4v) is 1.83. The number of carbonyl (C=O) groups excluding carboxylic acids is 2. The predicted molar refractivity (Wildman–Crippen MR) is 64.3 cm³/mol. The lowest BCUT2D eigenvalue weighted by Crippen LogP contribution is -1.94. The van der Waals surface area contributed by atoms with Crippen molar-refractivity contribution in [2.75, 3.05) is 7.11 Å². The Labute approximate surface area is 99.4 Å². The number of hydrogen-bond donors (Lipinski definition) is 0. The van der Waals surface area contributed by atoms with Crippen molar-refractivity contribution in [1.82, 2.24) is 0 Å².